The van der Waals surface area contributed by atoms with Crippen molar-refractivity contribution in [1.29, 1.82) is 0 Å². The fraction of sp³-hybridized carbons (Fsp3) is 0. The van der Waals surface area contributed by atoms with Crippen molar-refractivity contribution in [3.8, 4) is 0 Å². The zero-order valence-corrected chi connectivity index (χ0v) is 10.6. The molecule has 0 aliphatic rings. The van der Waals surface area contributed by atoms with Gasteiger partial charge < -0.3 is 0 Å². The van der Waals surface area contributed by atoms with Crippen molar-refractivity contribution < 1.29 is 29.8 Å². The number of hydrogen-bond donors (Lipinski definition) is 0. The molecule has 5 heteroatoms. The predicted molar refractivity (Wildman–Crippen MR) is 46.8 cm³/mol. The van der Waals surface area contributed by atoms with Crippen LogP contribution in [0, 0.1) is 0 Å². The van der Waals surface area contributed by atoms with E-state index in [1.807, 2.05) is 24.3 Å². The third-order valence-corrected chi connectivity index (χ3v) is 3.05. The fourth-order valence-corrected chi connectivity index (χ4v) is 1.04. The van der Waals surface area contributed by atoms with Gasteiger partial charge in [-0.1, -0.05) is 4.47 Å². The molecule has 0 aromatic heterocycles. The quantitative estimate of drug-likeness (QED) is 0.595. The summed E-state index contributed by atoms with van der Waals surface area (Å²) < 4.78 is 5.02. The predicted octanol–water partition coefficient (Wildman–Crippen LogP) is 0.974. The molecule has 1 aromatic carbocycles. The third-order valence-electron chi connectivity index (χ3n) is 0.853. The van der Waals surface area contributed by atoms with Crippen LogP contribution in [0.3, 0.4) is 0 Å². The first kappa shape index (κ1) is 12.2. The van der Waals surface area contributed by atoms with Gasteiger partial charge in [-0.3, -0.25) is 0 Å². The van der Waals surface area contributed by atoms with Gasteiger partial charge in [-0.2, -0.15) is 12.1 Å². The van der Waals surface area contributed by atoms with Gasteiger partial charge in [0.05, 0.1) is 0 Å². The number of halogens is 1. The van der Waals surface area contributed by atoms with Gasteiger partial charge in [0, 0.05) is 0 Å². The Kier molecular flexibility index (Phi) is 7.40. The second-order valence-electron chi connectivity index (χ2n) is 1.62. The molecule has 0 saturated heterocycles. The van der Waals surface area contributed by atoms with E-state index in [1.54, 1.807) is 0 Å². The van der Waals surface area contributed by atoms with Gasteiger partial charge in [-0.25, -0.2) is 12.1 Å². The molecule has 69 valence electrons. The molecule has 0 radical (unpaired) electrons. The summed E-state index contributed by atoms with van der Waals surface area (Å²) in [6.45, 7) is 0. The van der Waals surface area contributed by atoms with E-state index in [9.17, 15) is 14.4 Å². The molecule has 0 fully saturated rings. The second-order valence-corrected chi connectivity index (χ2v) is 6.23. The van der Waals surface area contributed by atoms with Crippen molar-refractivity contribution in [1.82, 2.24) is 0 Å². The van der Waals surface area contributed by atoms with Crippen molar-refractivity contribution in [2.75, 3.05) is 0 Å². The molecule has 0 saturated carbocycles. The van der Waals surface area contributed by atoms with Crippen LogP contribution in [0.15, 0.2) is 28.7 Å². The van der Waals surface area contributed by atoms with Crippen LogP contribution in [0.1, 0.15) is 0 Å². The molecule has 0 bridgehead atoms. The van der Waals surface area contributed by atoms with Crippen LogP contribution in [0.2, 0.25) is 0 Å². The Hall–Kier alpha value is -0.768. The van der Waals surface area contributed by atoms with Gasteiger partial charge in [0.25, 0.3) is 0 Å². The third kappa shape index (κ3) is 6.40. The van der Waals surface area contributed by atoms with Crippen LogP contribution < -0.4 is 0 Å². The van der Waals surface area contributed by atoms with Gasteiger partial charge in [0.1, 0.15) is 0 Å². The van der Waals surface area contributed by atoms with E-state index in [2.05, 4.69) is 15.9 Å². The Morgan fingerprint density at radius 3 is 1.46 bits per heavy atom. The van der Waals surface area contributed by atoms with Crippen LogP contribution in [0.5, 0.6) is 0 Å². The molecule has 0 aliphatic carbocycles. The molecule has 13 heavy (non-hydrogen) atoms. The zero-order chi connectivity index (χ0) is 10.1. The fourth-order valence-electron chi connectivity index (χ4n) is 0.398. The second kappa shape index (κ2) is 7.86. The van der Waals surface area contributed by atoms with E-state index >= 15 is 0 Å². The topological polar surface area (TPSA) is 51.2 Å². The first-order valence-electron chi connectivity index (χ1n) is 2.95. The van der Waals surface area contributed by atoms with Crippen LogP contribution in [-0.4, -0.2) is 13.1 Å². The molecular formula is C8H4BrO3Re-. The summed E-state index contributed by atoms with van der Waals surface area (Å²) in [6, 6.07) is 7.98. The molecule has 0 unspecified atom stereocenters. The average molecular weight is 414 g/mol. The molecule has 0 heterocycles. The average Bonchev–Trinajstić information content (AvgIpc) is 2.60. The van der Waals surface area contributed by atoms with E-state index in [0.29, 0.717) is 0 Å². The van der Waals surface area contributed by atoms with Crippen LogP contribution in [-0.2, 0) is 29.8 Å². The summed E-state index contributed by atoms with van der Waals surface area (Å²) >= 11 is 0.307. The summed E-state index contributed by atoms with van der Waals surface area (Å²) in [7, 11) is 0. The van der Waals surface area contributed by atoms with E-state index < -0.39 is 15.4 Å². The zero-order valence-electron chi connectivity index (χ0n) is 6.29. The monoisotopic (exact) mass is 414 g/mol. The molecule has 0 N–H and O–H groups in total. The van der Waals surface area contributed by atoms with Crippen LogP contribution in [0.4, 0.5) is 0 Å². The van der Waals surface area contributed by atoms with E-state index in [-0.39, 0.29) is 0 Å². The molecule has 0 spiro atoms. The number of carbonyl (C=O) groups excluding carboxylic acids is 3. The molecule has 1 rings (SSSR count). The van der Waals surface area contributed by atoms with Gasteiger partial charge in [0.2, 0.25) is 0 Å². The molecular weight excluding hydrogens is 410 g/mol. The Bertz CT molecular complexity index is 408. The molecule has 3 nitrogen and oxygen atoms in total. The summed E-state index contributed by atoms with van der Waals surface area (Å²) in [5.41, 5.74) is 0. The van der Waals surface area contributed by atoms with Crippen molar-refractivity contribution in [3.05, 3.63) is 28.7 Å². The Balaban J connectivity index is 0.000000223. The summed E-state index contributed by atoms with van der Waals surface area (Å²) in [6.07, 6.45) is 0. The Labute approximate surface area is 87.3 Å². The van der Waals surface area contributed by atoms with Gasteiger partial charge in [-0.15, -0.1) is 15.9 Å². The normalized spacial score (nSPS) is 6.85. The Morgan fingerprint density at radius 2 is 1.38 bits per heavy atom. The summed E-state index contributed by atoms with van der Waals surface area (Å²) in [4.78, 5) is 28.2. The van der Waals surface area contributed by atoms with E-state index in [4.69, 9.17) is 0 Å². The SMILES string of the molecule is Br[c-]1cccc1.O=[C]=[Re](=[C]=O)=[C]=O. The van der Waals surface area contributed by atoms with Gasteiger partial charge in [0.15, 0.2) is 0 Å². The molecule has 1 aromatic rings. The van der Waals surface area contributed by atoms with E-state index in [1.165, 1.54) is 13.1 Å². The Morgan fingerprint density at radius 1 is 1.00 bits per heavy atom. The minimum atomic E-state index is -2.97. The maximum absolute atomic E-state index is 9.40. The van der Waals surface area contributed by atoms with E-state index in [0.717, 1.165) is 4.47 Å². The summed E-state index contributed by atoms with van der Waals surface area (Å²) in [5.74, 6) is 0. The van der Waals surface area contributed by atoms with Crippen molar-refractivity contribution in [2.24, 2.45) is 0 Å². The number of hydrogen-bond acceptors (Lipinski definition) is 3. The molecule has 0 amide bonds. The van der Waals surface area contributed by atoms with Crippen LogP contribution >= 0.6 is 15.9 Å². The minimum absolute atomic E-state index is 1.16. The maximum atomic E-state index is 9.40. The van der Waals surface area contributed by atoms with Gasteiger partial charge in [-0.05, 0) is 0 Å². The van der Waals surface area contributed by atoms with Gasteiger partial charge >= 0.3 is 42.8 Å². The molecule has 0 aliphatic heterocycles. The van der Waals surface area contributed by atoms with Crippen molar-refractivity contribution >= 4 is 29.0 Å². The van der Waals surface area contributed by atoms with Crippen molar-refractivity contribution in [2.45, 2.75) is 0 Å². The molecule has 0 atom stereocenters. The summed E-state index contributed by atoms with van der Waals surface area (Å²) in [5, 5.41) is 0. The van der Waals surface area contributed by atoms with Crippen LogP contribution in [0.25, 0.3) is 0 Å². The standard InChI is InChI=1S/C5H4Br.3CO.Re/c6-5-3-1-2-4-5;3*1-2;/h1-4H;;;;/q-1;;;;. The number of rotatable bonds is 0. The first-order valence-corrected chi connectivity index (χ1v) is 7.81. The van der Waals surface area contributed by atoms with Crippen molar-refractivity contribution in [3.63, 3.8) is 0 Å². The first-order chi connectivity index (χ1) is 6.24.